The van der Waals surface area contributed by atoms with Crippen LogP contribution in [0.4, 0.5) is 4.39 Å². The minimum absolute atomic E-state index is 0.111. The number of rotatable bonds is 11. The molecule has 2 aliphatic rings. The molecule has 2 aromatic rings. The molecule has 1 atom stereocenters. The van der Waals surface area contributed by atoms with E-state index < -0.39 is 17.6 Å². The van der Waals surface area contributed by atoms with Crippen molar-refractivity contribution in [2.45, 2.75) is 69.2 Å². The molecule has 1 aromatic carbocycles. The van der Waals surface area contributed by atoms with E-state index in [2.05, 4.69) is 21.6 Å². The Morgan fingerprint density at radius 3 is 2.77 bits per heavy atom. The minimum Gasteiger partial charge on any atom is -0.497 e. The maximum Gasteiger partial charge on any atom is 0.309 e. The number of benzene rings is 1. The third-order valence-corrected chi connectivity index (χ3v) is 9.57. The highest BCUT2D eigenvalue weighted by Gasteiger charge is 2.41. The molecule has 0 spiro atoms. The number of carboxylic acids is 1. The van der Waals surface area contributed by atoms with Gasteiger partial charge in [0.05, 0.1) is 23.1 Å². The van der Waals surface area contributed by atoms with Gasteiger partial charge in [0.25, 0.3) is 0 Å². The van der Waals surface area contributed by atoms with Crippen LogP contribution in [0.2, 0.25) is 5.02 Å². The maximum atomic E-state index is 15.6. The van der Waals surface area contributed by atoms with Gasteiger partial charge in [-0.15, -0.1) is 0 Å². The number of nitrogens with zero attached hydrogens (tertiary/aromatic N) is 2. The molecule has 0 unspecified atom stereocenters. The Kier molecular flexibility index (Phi) is 9.17. The topological polar surface area (TPSA) is 62.7 Å². The summed E-state index contributed by atoms with van der Waals surface area (Å²) in [6, 6.07) is 5.30. The fourth-order valence-electron chi connectivity index (χ4n) is 5.53. The molecule has 1 N–H and O–H groups in total. The number of pyridine rings is 1. The van der Waals surface area contributed by atoms with Gasteiger partial charge < -0.3 is 14.7 Å². The van der Waals surface area contributed by atoms with Gasteiger partial charge in [-0.25, -0.2) is 4.39 Å². The normalized spacial score (nSPS) is 19.7. The van der Waals surface area contributed by atoms with Crippen LogP contribution in [0.5, 0.6) is 5.75 Å². The summed E-state index contributed by atoms with van der Waals surface area (Å²) in [6.45, 7) is 2.53. The number of halogens is 2. The molecule has 0 amide bonds. The first kappa shape index (κ1) is 26.5. The molecule has 1 saturated heterocycles. The second kappa shape index (κ2) is 12.1. The Hall–Kier alpha value is -1.57. The fraction of sp³-hybridized carbons (Fsp3) is 0.630. The molecule has 1 saturated carbocycles. The summed E-state index contributed by atoms with van der Waals surface area (Å²) in [5, 5.41) is 11.8. The number of fused-ring (bicyclic) bond motifs is 1. The van der Waals surface area contributed by atoms with E-state index >= 15 is 4.39 Å². The zero-order chi connectivity index (χ0) is 24.8. The highest BCUT2D eigenvalue weighted by molar-refractivity contribution is 7.99. The number of ether oxygens (including phenoxy) is 1. The van der Waals surface area contributed by atoms with Crippen LogP contribution in [0.3, 0.4) is 0 Å². The van der Waals surface area contributed by atoms with Crippen molar-refractivity contribution in [2.75, 3.05) is 32.5 Å². The van der Waals surface area contributed by atoms with Crippen LogP contribution in [0, 0.1) is 5.41 Å². The van der Waals surface area contributed by atoms with Crippen LogP contribution in [-0.2, 0) is 4.79 Å². The average molecular weight is 523 g/mol. The van der Waals surface area contributed by atoms with Crippen molar-refractivity contribution in [3.8, 4) is 5.75 Å². The zero-order valence-electron chi connectivity index (χ0n) is 20.5. The number of hydrogen-bond donors (Lipinski definition) is 1. The number of aliphatic carboxylic acids is 1. The number of methoxy groups -OCH3 is 1. The van der Waals surface area contributed by atoms with E-state index in [1.807, 2.05) is 0 Å². The van der Waals surface area contributed by atoms with E-state index in [0.717, 1.165) is 31.3 Å². The van der Waals surface area contributed by atoms with Gasteiger partial charge in [0.15, 0.2) is 0 Å². The molecule has 0 radical (unpaired) electrons. The van der Waals surface area contributed by atoms with E-state index in [4.69, 9.17) is 16.3 Å². The molecule has 1 aliphatic carbocycles. The molecule has 8 heteroatoms. The Morgan fingerprint density at radius 1 is 1.34 bits per heavy atom. The summed E-state index contributed by atoms with van der Waals surface area (Å²) in [5.74, 6) is 0.972. The standard InChI is InChI=1S/C27H36ClFN2O3S/c1-34-19-7-8-24-21(17-19)25(22(28)18-30-24)23(29)9-10-27(26(32)33)11-14-31(15-12-27)13-4-16-35-20-5-2-3-6-20/h7-8,17-18,20,23H,2-6,9-16H2,1H3,(H,32,33)/t23-/m1/s1. The third-order valence-electron chi connectivity index (χ3n) is 7.80. The lowest BCUT2D eigenvalue weighted by Crippen LogP contribution is -2.44. The van der Waals surface area contributed by atoms with E-state index in [0.29, 0.717) is 41.5 Å². The molecule has 4 rings (SSSR count). The first-order valence-electron chi connectivity index (χ1n) is 12.8. The number of likely N-dealkylation sites (tertiary alicyclic amines) is 1. The largest absolute Gasteiger partial charge is 0.497 e. The Balaban J connectivity index is 1.34. The van der Waals surface area contributed by atoms with E-state index in [9.17, 15) is 9.90 Å². The predicted octanol–water partition coefficient (Wildman–Crippen LogP) is 6.92. The molecule has 1 aromatic heterocycles. The summed E-state index contributed by atoms with van der Waals surface area (Å²) < 4.78 is 20.9. The number of piperidine rings is 1. The number of carbonyl (C=O) groups is 1. The monoisotopic (exact) mass is 522 g/mol. The van der Waals surface area contributed by atoms with Crippen LogP contribution < -0.4 is 4.74 Å². The molecule has 0 bridgehead atoms. The third kappa shape index (κ3) is 6.41. The molecule has 1 aliphatic heterocycles. The quantitative estimate of drug-likeness (QED) is 0.323. The lowest BCUT2D eigenvalue weighted by molar-refractivity contribution is -0.153. The first-order chi connectivity index (χ1) is 16.9. The first-order valence-corrected chi connectivity index (χ1v) is 14.2. The lowest BCUT2D eigenvalue weighted by Gasteiger charge is -2.39. The van der Waals surface area contributed by atoms with Crippen molar-refractivity contribution in [2.24, 2.45) is 5.41 Å². The summed E-state index contributed by atoms with van der Waals surface area (Å²) >= 11 is 8.47. The summed E-state index contributed by atoms with van der Waals surface area (Å²) in [6.07, 6.45) is 8.23. The van der Waals surface area contributed by atoms with Crippen molar-refractivity contribution in [1.29, 1.82) is 0 Å². The van der Waals surface area contributed by atoms with Gasteiger partial charge in [-0.1, -0.05) is 24.4 Å². The van der Waals surface area contributed by atoms with Gasteiger partial charge in [0.1, 0.15) is 11.9 Å². The smallest absolute Gasteiger partial charge is 0.309 e. The number of aromatic nitrogens is 1. The van der Waals surface area contributed by atoms with Crippen LogP contribution in [-0.4, -0.2) is 58.7 Å². The highest BCUT2D eigenvalue weighted by Crippen LogP contribution is 2.42. The minimum atomic E-state index is -1.37. The van der Waals surface area contributed by atoms with Crippen molar-refractivity contribution < 1.29 is 19.0 Å². The van der Waals surface area contributed by atoms with Crippen molar-refractivity contribution >= 4 is 40.2 Å². The number of carboxylic acid groups (broad SMARTS) is 1. The summed E-state index contributed by atoms with van der Waals surface area (Å²) in [7, 11) is 1.56. The number of hydrogen-bond acceptors (Lipinski definition) is 5. The van der Waals surface area contributed by atoms with Crippen LogP contribution in [0.25, 0.3) is 10.9 Å². The second-order valence-corrected chi connectivity index (χ2v) is 11.8. The van der Waals surface area contributed by atoms with Gasteiger partial charge in [-0.2, -0.15) is 11.8 Å². The van der Waals surface area contributed by atoms with E-state index in [-0.39, 0.29) is 11.4 Å². The maximum absolute atomic E-state index is 15.6. The van der Waals surface area contributed by atoms with Gasteiger partial charge in [0.2, 0.25) is 0 Å². The molecule has 192 valence electrons. The molecular formula is C27H36ClFN2O3S. The SMILES string of the molecule is COc1ccc2ncc(Cl)c([C@H](F)CCC3(C(=O)O)CCN(CCCSC4CCCC4)CC3)c2c1. The second-order valence-electron chi connectivity index (χ2n) is 9.97. The predicted molar refractivity (Wildman–Crippen MR) is 141 cm³/mol. The van der Waals surface area contributed by atoms with Crippen molar-refractivity contribution in [1.82, 2.24) is 9.88 Å². The Labute approximate surface area is 216 Å². The Morgan fingerprint density at radius 2 is 2.09 bits per heavy atom. The molecule has 2 heterocycles. The number of thioether (sulfide) groups is 1. The van der Waals surface area contributed by atoms with Crippen LogP contribution >= 0.6 is 23.4 Å². The number of alkyl halides is 1. The molecule has 35 heavy (non-hydrogen) atoms. The Bertz CT molecular complexity index is 1010. The molecular weight excluding hydrogens is 487 g/mol. The van der Waals surface area contributed by atoms with E-state index in [1.165, 1.54) is 37.6 Å². The van der Waals surface area contributed by atoms with Gasteiger partial charge in [-0.3, -0.25) is 9.78 Å². The van der Waals surface area contributed by atoms with Gasteiger partial charge in [0, 0.05) is 22.4 Å². The van der Waals surface area contributed by atoms with Crippen LogP contribution in [0.15, 0.2) is 24.4 Å². The van der Waals surface area contributed by atoms with Crippen LogP contribution in [0.1, 0.15) is 69.5 Å². The van der Waals surface area contributed by atoms with Gasteiger partial charge >= 0.3 is 5.97 Å². The zero-order valence-corrected chi connectivity index (χ0v) is 22.1. The average Bonchev–Trinajstić information content (AvgIpc) is 3.39. The van der Waals surface area contributed by atoms with E-state index in [1.54, 1.807) is 25.3 Å². The summed E-state index contributed by atoms with van der Waals surface area (Å²) in [4.78, 5) is 19.0. The van der Waals surface area contributed by atoms with Crippen molar-refractivity contribution in [3.05, 3.63) is 35.0 Å². The van der Waals surface area contributed by atoms with Crippen molar-refractivity contribution in [3.63, 3.8) is 0 Å². The molecule has 5 nitrogen and oxygen atoms in total. The van der Waals surface area contributed by atoms with Gasteiger partial charge in [-0.05, 0) is 88.5 Å². The highest BCUT2D eigenvalue weighted by atomic mass is 35.5. The lowest BCUT2D eigenvalue weighted by atomic mass is 9.74. The summed E-state index contributed by atoms with van der Waals surface area (Å²) in [5.41, 5.74) is 0.125. The molecule has 2 fully saturated rings. The fourth-order valence-corrected chi connectivity index (χ4v) is 7.09.